The van der Waals surface area contributed by atoms with Crippen molar-refractivity contribution in [2.75, 3.05) is 6.54 Å². The highest BCUT2D eigenvalue weighted by Gasteiger charge is 2.30. The molecule has 3 aromatic rings. The van der Waals surface area contributed by atoms with Crippen molar-refractivity contribution < 1.29 is 13.9 Å². The number of hydrogen-bond acceptors (Lipinski definition) is 2. The molecule has 134 valence electrons. The van der Waals surface area contributed by atoms with Crippen molar-refractivity contribution in [1.82, 2.24) is 9.47 Å². The lowest BCUT2D eigenvalue weighted by Crippen LogP contribution is -2.30. The van der Waals surface area contributed by atoms with Gasteiger partial charge in [-0.05, 0) is 42.3 Å². The highest BCUT2D eigenvalue weighted by Crippen LogP contribution is 2.35. The summed E-state index contributed by atoms with van der Waals surface area (Å²) in [7, 11) is 0. The molecule has 1 aromatic heterocycles. The van der Waals surface area contributed by atoms with Crippen LogP contribution in [0.25, 0.3) is 0 Å². The molecule has 0 saturated carbocycles. The molecular formula is C21H20F2N2O. The van der Waals surface area contributed by atoms with Crippen molar-refractivity contribution in [2.24, 2.45) is 0 Å². The minimum Gasteiger partial charge on any atom is -0.508 e. The predicted octanol–water partition coefficient (Wildman–Crippen LogP) is 4.47. The zero-order valence-electron chi connectivity index (χ0n) is 14.3. The molecule has 1 N–H and O–H groups in total. The highest BCUT2D eigenvalue weighted by atomic mass is 19.2. The Morgan fingerprint density at radius 3 is 2.58 bits per heavy atom. The van der Waals surface area contributed by atoms with Gasteiger partial charge in [0.1, 0.15) is 5.75 Å². The summed E-state index contributed by atoms with van der Waals surface area (Å²) in [5.41, 5.74) is 2.33. The van der Waals surface area contributed by atoms with Crippen LogP contribution < -0.4 is 0 Å². The maximum Gasteiger partial charge on any atom is 0.163 e. The molecule has 0 aliphatic carbocycles. The molecule has 5 heteroatoms. The number of hydrogen-bond donors (Lipinski definition) is 1. The standard InChI is InChI=1S/C21H20F2N2O/c22-18-5-1-4-17(20(18)23)21-19-6-2-11-24(19)12-3-13-25(21)14-15-7-9-16(26)10-8-15/h1-2,4-11,21,26H,3,12-14H2. The maximum absolute atomic E-state index is 14.6. The van der Waals surface area contributed by atoms with E-state index >= 15 is 0 Å². The summed E-state index contributed by atoms with van der Waals surface area (Å²) in [5.74, 6) is -1.40. The van der Waals surface area contributed by atoms with Gasteiger partial charge in [0.15, 0.2) is 11.6 Å². The van der Waals surface area contributed by atoms with Crippen LogP contribution >= 0.6 is 0 Å². The fourth-order valence-corrected chi connectivity index (χ4v) is 3.73. The summed E-state index contributed by atoms with van der Waals surface area (Å²) in [6.07, 6.45) is 2.91. The average Bonchev–Trinajstić information content (AvgIpc) is 3.02. The summed E-state index contributed by atoms with van der Waals surface area (Å²) >= 11 is 0. The molecule has 1 aliphatic rings. The number of phenols is 1. The zero-order valence-corrected chi connectivity index (χ0v) is 14.3. The van der Waals surface area contributed by atoms with Gasteiger partial charge in [-0.2, -0.15) is 0 Å². The van der Waals surface area contributed by atoms with Gasteiger partial charge >= 0.3 is 0 Å². The van der Waals surface area contributed by atoms with Crippen molar-refractivity contribution in [3.8, 4) is 5.75 Å². The van der Waals surface area contributed by atoms with Crippen molar-refractivity contribution in [1.29, 1.82) is 0 Å². The number of aryl methyl sites for hydroxylation is 1. The summed E-state index contributed by atoms with van der Waals surface area (Å²) in [6.45, 7) is 2.21. The highest BCUT2D eigenvalue weighted by molar-refractivity contribution is 5.32. The van der Waals surface area contributed by atoms with E-state index in [1.54, 1.807) is 24.3 Å². The van der Waals surface area contributed by atoms with Gasteiger partial charge < -0.3 is 9.67 Å². The lowest BCUT2D eigenvalue weighted by Gasteiger charge is -2.31. The second-order valence-electron chi connectivity index (χ2n) is 6.66. The van der Waals surface area contributed by atoms with E-state index in [1.165, 1.54) is 0 Å². The number of aromatic nitrogens is 1. The van der Waals surface area contributed by atoms with Crippen LogP contribution in [0.3, 0.4) is 0 Å². The van der Waals surface area contributed by atoms with Crippen LogP contribution in [0.4, 0.5) is 8.78 Å². The largest absolute Gasteiger partial charge is 0.508 e. The van der Waals surface area contributed by atoms with Gasteiger partial charge in [-0.25, -0.2) is 8.78 Å². The number of phenolic OH excluding ortho intramolecular Hbond substituents is 1. The third-order valence-electron chi connectivity index (χ3n) is 4.95. The molecule has 0 spiro atoms. The molecule has 1 aliphatic heterocycles. The van der Waals surface area contributed by atoms with Gasteiger partial charge in [0, 0.05) is 37.1 Å². The second kappa shape index (κ2) is 6.92. The van der Waals surface area contributed by atoms with Gasteiger partial charge in [0.2, 0.25) is 0 Å². The quantitative estimate of drug-likeness (QED) is 0.752. The Kier molecular flexibility index (Phi) is 4.47. The van der Waals surface area contributed by atoms with E-state index in [1.807, 2.05) is 30.5 Å². The van der Waals surface area contributed by atoms with E-state index in [-0.39, 0.29) is 11.8 Å². The average molecular weight is 354 g/mol. The van der Waals surface area contributed by atoms with Crippen LogP contribution in [-0.2, 0) is 13.1 Å². The molecule has 3 nitrogen and oxygen atoms in total. The Bertz CT molecular complexity index is 905. The first kappa shape index (κ1) is 16.8. The van der Waals surface area contributed by atoms with Crippen LogP contribution in [0.15, 0.2) is 60.8 Å². The molecule has 26 heavy (non-hydrogen) atoms. The summed E-state index contributed by atoms with van der Waals surface area (Å²) in [4.78, 5) is 2.17. The molecule has 4 rings (SSSR count). The Balaban J connectivity index is 1.78. The molecule has 0 fully saturated rings. The van der Waals surface area contributed by atoms with E-state index in [0.717, 1.165) is 36.8 Å². The third-order valence-corrected chi connectivity index (χ3v) is 4.95. The number of benzene rings is 2. The zero-order chi connectivity index (χ0) is 18.1. The Morgan fingerprint density at radius 1 is 0.962 bits per heavy atom. The molecule has 0 radical (unpaired) electrons. The number of aromatic hydroxyl groups is 1. The van der Waals surface area contributed by atoms with Crippen LogP contribution in [0.1, 0.15) is 29.3 Å². The van der Waals surface area contributed by atoms with E-state index < -0.39 is 11.6 Å². The van der Waals surface area contributed by atoms with Crippen molar-refractivity contribution in [3.05, 3.63) is 89.2 Å². The van der Waals surface area contributed by atoms with Crippen molar-refractivity contribution in [3.63, 3.8) is 0 Å². The van der Waals surface area contributed by atoms with Gasteiger partial charge in [-0.3, -0.25) is 4.90 Å². The molecule has 0 amide bonds. The number of fused-ring (bicyclic) bond motifs is 1. The molecule has 1 atom stereocenters. The first-order valence-corrected chi connectivity index (χ1v) is 8.74. The molecule has 1 unspecified atom stereocenters. The van der Waals surface area contributed by atoms with Crippen molar-refractivity contribution >= 4 is 0 Å². The summed E-state index contributed by atoms with van der Waals surface area (Å²) in [5, 5.41) is 9.50. The summed E-state index contributed by atoms with van der Waals surface area (Å²) < 4.78 is 30.7. The van der Waals surface area contributed by atoms with E-state index in [4.69, 9.17) is 0 Å². The Labute approximate surface area is 151 Å². The minimum absolute atomic E-state index is 0.214. The lowest BCUT2D eigenvalue weighted by atomic mass is 10.00. The normalized spacial score (nSPS) is 17.7. The molecular weight excluding hydrogens is 334 g/mol. The number of rotatable bonds is 3. The van der Waals surface area contributed by atoms with Crippen LogP contribution in [-0.4, -0.2) is 21.1 Å². The molecule has 2 aromatic carbocycles. The second-order valence-corrected chi connectivity index (χ2v) is 6.66. The predicted molar refractivity (Wildman–Crippen MR) is 95.8 cm³/mol. The number of nitrogens with zero attached hydrogens (tertiary/aromatic N) is 2. The lowest BCUT2D eigenvalue weighted by molar-refractivity contribution is 0.215. The van der Waals surface area contributed by atoms with Gasteiger partial charge in [0.25, 0.3) is 0 Å². The summed E-state index contributed by atoms with van der Waals surface area (Å²) in [6, 6.07) is 14.9. The van der Waals surface area contributed by atoms with E-state index in [2.05, 4.69) is 9.47 Å². The fraction of sp³-hybridized carbons (Fsp3) is 0.238. The van der Waals surface area contributed by atoms with Crippen LogP contribution in [0, 0.1) is 11.6 Å². The van der Waals surface area contributed by atoms with Crippen molar-refractivity contribution in [2.45, 2.75) is 25.6 Å². The topological polar surface area (TPSA) is 28.4 Å². The Morgan fingerprint density at radius 2 is 1.77 bits per heavy atom. The molecule has 2 heterocycles. The number of halogens is 2. The van der Waals surface area contributed by atoms with E-state index in [9.17, 15) is 13.9 Å². The monoisotopic (exact) mass is 354 g/mol. The first-order chi connectivity index (χ1) is 12.6. The van der Waals surface area contributed by atoms with Crippen LogP contribution in [0.5, 0.6) is 5.75 Å². The van der Waals surface area contributed by atoms with E-state index in [0.29, 0.717) is 12.1 Å². The van der Waals surface area contributed by atoms with Gasteiger partial charge in [0.05, 0.1) is 6.04 Å². The van der Waals surface area contributed by atoms with Gasteiger partial charge in [-0.15, -0.1) is 0 Å². The first-order valence-electron chi connectivity index (χ1n) is 8.74. The SMILES string of the molecule is Oc1ccc(CN2CCCn3cccc3C2c2cccc(F)c2F)cc1. The smallest absolute Gasteiger partial charge is 0.163 e. The Hall–Kier alpha value is -2.66. The molecule has 0 bridgehead atoms. The minimum atomic E-state index is -0.825. The fourth-order valence-electron chi connectivity index (χ4n) is 3.73. The molecule has 0 saturated heterocycles. The van der Waals surface area contributed by atoms with Gasteiger partial charge in [-0.1, -0.05) is 24.3 Å². The third kappa shape index (κ3) is 3.10. The maximum atomic E-state index is 14.6. The van der Waals surface area contributed by atoms with Crippen LogP contribution in [0.2, 0.25) is 0 Å².